The van der Waals surface area contributed by atoms with Crippen molar-refractivity contribution in [3.05, 3.63) is 32.6 Å². The highest BCUT2D eigenvalue weighted by molar-refractivity contribution is 5.95. The Morgan fingerprint density at radius 2 is 1.83 bits per heavy atom. The zero-order valence-electron chi connectivity index (χ0n) is 9.74. The monoisotopic (exact) mass is 264 g/mol. The summed E-state index contributed by atoms with van der Waals surface area (Å²) in [6.45, 7) is 0. The van der Waals surface area contributed by atoms with Gasteiger partial charge in [0.25, 0.3) is 5.56 Å². The standard InChI is InChI=1S/C10H11F3N2O3/c1-14-5-6(8(17)15(2)9(14)18)7(16)3-4-10(11,12)13/h5H,3-4H2,1-2H3. The van der Waals surface area contributed by atoms with Crippen LogP contribution < -0.4 is 11.2 Å². The molecule has 100 valence electrons. The molecule has 0 aliphatic rings. The van der Waals surface area contributed by atoms with Crippen LogP contribution in [0.5, 0.6) is 0 Å². The zero-order valence-corrected chi connectivity index (χ0v) is 9.74. The number of hydrogen-bond acceptors (Lipinski definition) is 3. The van der Waals surface area contributed by atoms with Crippen molar-refractivity contribution in [3.8, 4) is 0 Å². The van der Waals surface area contributed by atoms with E-state index in [1.54, 1.807) is 0 Å². The molecule has 1 aromatic rings. The number of rotatable bonds is 3. The van der Waals surface area contributed by atoms with Crippen LogP contribution in [-0.2, 0) is 14.1 Å². The average Bonchev–Trinajstić information content (AvgIpc) is 2.27. The summed E-state index contributed by atoms with van der Waals surface area (Å²) in [6.07, 6.45) is -5.60. The van der Waals surface area contributed by atoms with Gasteiger partial charge in [-0.25, -0.2) is 4.79 Å². The van der Waals surface area contributed by atoms with E-state index in [-0.39, 0.29) is 0 Å². The molecule has 0 fully saturated rings. The topological polar surface area (TPSA) is 61.1 Å². The molecule has 5 nitrogen and oxygen atoms in total. The van der Waals surface area contributed by atoms with Gasteiger partial charge in [0.1, 0.15) is 0 Å². The van der Waals surface area contributed by atoms with E-state index in [4.69, 9.17) is 0 Å². The molecule has 0 atom stereocenters. The largest absolute Gasteiger partial charge is 0.389 e. The first kappa shape index (κ1) is 14.2. The highest BCUT2D eigenvalue weighted by Gasteiger charge is 2.29. The Hall–Kier alpha value is -1.86. The van der Waals surface area contributed by atoms with Gasteiger partial charge in [-0.05, 0) is 0 Å². The molecule has 0 bridgehead atoms. The maximum absolute atomic E-state index is 12.0. The van der Waals surface area contributed by atoms with Gasteiger partial charge in [-0.15, -0.1) is 0 Å². The minimum absolute atomic E-state index is 0.413. The summed E-state index contributed by atoms with van der Waals surface area (Å²) in [6, 6.07) is 0. The van der Waals surface area contributed by atoms with Crippen LogP contribution in [0.1, 0.15) is 23.2 Å². The van der Waals surface area contributed by atoms with Crippen molar-refractivity contribution in [2.24, 2.45) is 14.1 Å². The van der Waals surface area contributed by atoms with Crippen LogP contribution in [0, 0.1) is 0 Å². The molecule has 0 radical (unpaired) electrons. The lowest BCUT2D eigenvalue weighted by atomic mass is 10.1. The predicted molar refractivity (Wildman–Crippen MR) is 56.5 cm³/mol. The van der Waals surface area contributed by atoms with Gasteiger partial charge in [0.05, 0.1) is 12.0 Å². The Labute approximate surface area is 99.5 Å². The molecule has 0 amide bonds. The molecule has 0 aliphatic carbocycles. The van der Waals surface area contributed by atoms with Crippen molar-refractivity contribution >= 4 is 5.78 Å². The van der Waals surface area contributed by atoms with Crippen LogP contribution in [0.15, 0.2) is 15.8 Å². The van der Waals surface area contributed by atoms with Gasteiger partial charge in [0.15, 0.2) is 5.78 Å². The second kappa shape index (κ2) is 4.79. The normalized spacial score (nSPS) is 11.6. The summed E-state index contributed by atoms with van der Waals surface area (Å²) in [5.74, 6) is -0.927. The van der Waals surface area contributed by atoms with Gasteiger partial charge < -0.3 is 4.57 Å². The molecular weight excluding hydrogens is 253 g/mol. The number of nitrogens with zero attached hydrogens (tertiary/aromatic N) is 2. The molecule has 1 aromatic heterocycles. The van der Waals surface area contributed by atoms with Crippen molar-refractivity contribution in [3.63, 3.8) is 0 Å². The van der Waals surface area contributed by atoms with E-state index in [1.165, 1.54) is 7.05 Å². The van der Waals surface area contributed by atoms with Crippen LogP contribution in [-0.4, -0.2) is 21.1 Å². The van der Waals surface area contributed by atoms with Crippen molar-refractivity contribution in [1.29, 1.82) is 0 Å². The van der Waals surface area contributed by atoms with E-state index >= 15 is 0 Å². The van der Waals surface area contributed by atoms with Crippen molar-refractivity contribution in [2.75, 3.05) is 0 Å². The van der Waals surface area contributed by atoms with Crippen LogP contribution in [0.2, 0.25) is 0 Å². The lowest BCUT2D eigenvalue weighted by molar-refractivity contribution is -0.133. The molecular formula is C10H11F3N2O3. The quantitative estimate of drug-likeness (QED) is 0.751. The Balaban J connectivity index is 3.09. The predicted octanol–water partition coefficient (Wildman–Crippen LogP) is 0.609. The summed E-state index contributed by atoms with van der Waals surface area (Å²) in [4.78, 5) is 34.4. The number of ketones is 1. The van der Waals surface area contributed by atoms with Gasteiger partial charge in [0, 0.05) is 26.7 Å². The molecule has 0 spiro atoms. The van der Waals surface area contributed by atoms with Gasteiger partial charge in [-0.3, -0.25) is 14.2 Å². The Kier molecular flexibility index (Phi) is 3.78. The molecule has 18 heavy (non-hydrogen) atoms. The second-order valence-corrected chi connectivity index (χ2v) is 3.84. The average molecular weight is 264 g/mol. The Morgan fingerprint density at radius 3 is 2.33 bits per heavy atom. The van der Waals surface area contributed by atoms with Crippen molar-refractivity contribution < 1.29 is 18.0 Å². The van der Waals surface area contributed by atoms with E-state index in [0.717, 1.165) is 17.8 Å². The molecule has 0 aliphatic heterocycles. The maximum atomic E-state index is 12.0. The highest BCUT2D eigenvalue weighted by Crippen LogP contribution is 2.21. The van der Waals surface area contributed by atoms with E-state index in [2.05, 4.69) is 0 Å². The molecule has 0 unspecified atom stereocenters. The molecule has 1 heterocycles. The molecule has 0 saturated heterocycles. The summed E-state index contributed by atoms with van der Waals surface area (Å²) in [5.41, 5.74) is -1.94. The smallest absolute Gasteiger partial charge is 0.303 e. The van der Waals surface area contributed by atoms with Crippen LogP contribution in [0.3, 0.4) is 0 Å². The molecule has 0 N–H and O–H groups in total. The third kappa shape index (κ3) is 3.08. The van der Waals surface area contributed by atoms with E-state index in [1.807, 2.05) is 0 Å². The Bertz CT molecular complexity index is 584. The summed E-state index contributed by atoms with van der Waals surface area (Å²) in [7, 11) is 2.47. The Morgan fingerprint density at radius 1 is 1.28 bits per heavy atom. The summed E-state index contributed by atoms with van der Waals surface area (Å²) in [5, 5.41) is 0. The van der Waals surface area contributed by atoms with Gasteiger partial charge in [0.2, 0.25) is 0 Å². The van der Waals surface area contributed by atoms with Crippen LogP contribution in [0.25, 0.3) is 0 Å². The van der Waals surface area contributed by atoms with Crippen molar-refractivity contribution in [1.82, 2.24) is 9.13 Å². The number of carbonyl (C=O) groups is 1. The summed E-state index contributed by atoms with van der Waals surface area (Å²) >= 11 is 0. The zero-order chi connectivity index (χ0) is 14.1. The van der Waals surface area contributed by atoms with E-state index in [9.17, 15) is 27.6 Å². The molecule has 8 heteroatoms. The number of carbonyl (C=O) groups excluding carboxylic acids is 1. The minimum Gasteiger partial charge on any atom is -0.303 e. The van der Waals surface area contributed by atoms with E-state index < -0.39 is 41.6 Å². The summed E-state index contributed by atoms with van der Waals surface area (Å²) < 4.78 is 37.5. The third-order valence-electron chi connectivity index (χ3n) is 2.38. The second-order valence-electron chi connectivity index (χ2n) is 3.84. The lowest BCUT2D eigenvalue weighted by Crippen LogP contribution is -2.39. The molecule has 1 rings (SSSR count). The number of Topliss-reactive ketones (excluding diaryl/α,β-unsaturated/α-hetero) is 1. The fraction of sp³-hybridized carbons (Fsp3) is 0.500. The molecule has 0 saturated carbocycles. The first-order valence-corrected chi connectivity index (χ1v) is 5.00. The van der Waals surface area contributed by atoms with Gasteiger partial charge in [-0.1, -0.05) is 0 Å². The van der Waals surface area contributed by atoms with Crippen molar-refractivity contribution in [2.45, 2.75) is 19.0 Å². The number of aromatic nitrogens is 2. The first-order valence-electron chi connectivity index (χ1n) is 5.00. The lowest BCUT2D eigenvalue weighted by Gasteiger charge is -2.07. The van der Waals surface area contributed by atoms with E-state index in [0.29, 0.717) is 4.57 Å². The van der Waals surface area contributed by atoms with Gasteiger partial charge >= 0.3 is 11.9 Å². The maximum Gasteiger partial charge on any atom is 0.389 e. The SMILES string of the molecule is Cn1cc(C(=O)CCC(F)(F)F)c(=O)n(C)c1=O. The number of aryl methyl sites for hydroxylation is 1. The number of alkyl halides is 3. The highest BCUT2D eigenvalue weighted by atomic mass is 19.4. The third-order valence-corrected chi connectivity index (χ3v) is 2.38. The van der Waals surface area contributed by atoms with Crippen LogP contribution in [0.4, 0.5) is 13.2 Å². The van der Waals surface area contributed by atoms with Gasteiger partial charge in [-0.2, -0.15) is 13.2 Å². The number of hydrogen-bond donors (Lipinski definition) is 0. The molecule has 0 aromatic carbocycles. The fourth-order valence-electron chi connectivity index (χ4n) is 1.39. The fourth-order valence-corrected chi connectivity index (χ4v) is 1.39. The van der Waals surface area contributed by atoms with Crippen LogP contribution >= 0.6 is 0 Å². The first-order chi connectivity index (χ1) is 8.13. The number of halogens is 3. The minimum atomic E-state index is -4.46.